The highest BCUT2D eigenvalue weighted by Gasteiger charge is 2.42. The molecule has 0 saturated carbocycles. The molecule has 90 valence electrons. The van der Waals surface area contributed by atoms with Crippen LogP contribution in [0, 0.1) is 0 Å². The number of carbonyl (C=O) groups excluding carboxylic acids is 1. The molecule has 1 aromatic rings. The molecular formula is C13H16N2O2. The molecule has 4 heteroatoms. The number of morpholine rings is 1. The highest BCUT2D eigenvalue weighted by Crippen LogP contribution is 2.28. The second-order valence-corrected chi connectivity index (χ2v) is 4.71. The lowest BCUT2D eigenvalue weighted by Crippen LogP contribution is -2.55. The molecule has 0 aromatic heterocycles. The molecule has 2 heterocycles. The molecule has 2 saturated heterocycles. The smallest absolute Gasteiger partial charge is 0.253 e. The zero-order valence-electron chi connectivity index (χ0n) is 9.69. The van der Waals surface area contributed by atoms with Crippen molar-refractivity contribution in [2.45, 2.75) is 12.0 Å². The highest BCUT2D eigenvalue weighted by molar-refractivity contribution is 5.95. The third kappa shape index (κ3) is 1.94. The lowest BCUT2D eigenvalue weighted by atomic mass is 10.00. The van der Waals surface area contributed by atoms with Gasteiger partial charge in [0, 0.05) is 12.2 Å². The van der Waals surface area contributed by atoms with Gasteiger partial charge in [0.25, 0.3) is 5.91 Å². The molecule has 3 rings (SSSR count). The molecule has 2 aliphatic heterocycles. The van der Waals surface area contributed by atoms with Crippen LogP contribution in [0.2, 0.25) is 0 Å². The summed E-state index contributed by atoms with van der Waals surface area (Å²) in [5.41, 5.74) is 0.788. The number of anilines is 1. The monoisotopic (exact) mass is 232 g/mol. The Morgan fingerprint density at radius 1 is 1.29 bits per heavy atom. The van der Waals surface area contributed by atoms with E-state index >= 15 is 0 Å². The van der Waals surface area contributed by atoms with Gasteiger partial charge >= 0.3 is 0 Å². The summed E-state index contributed by atoms with van der Waals surface area (Å²) < 4.78 is 5.74. The van der Waals surface area contributed by atoms with E-state index in [0.29, 0.717) is 6.54 Å². The fourth-order valence-electron chi connectivity index (χ4n) is 2.54. The van der Waals surface area contributed by atoms with Crippen molar-refractivity contribution in [1.29, 1.82) is 0 Å². The standard InChI is InChI=1S/C13H16N2O2/c16-12-8-17-13(6-7-14-9-13)10-15(12)11-4-2-1-3-5-11/h1-5,14H,6-10H2. The van der Waals surface area contributed by atoms with E-state index in [0.717, 1.165) is 25.2 Å². The number of rotatable bonds is 1. The van der Waals surface area contributed by atoms with E-state index in [4.69, 9.17) is 4.74 Å². The summed E-state index contributed by atoms with van der Waals surface area (Å²) in [5, 5.41) is 3.31. The number of amides is 1. The Labute approximate surface area is 101 Å². The van der Waals surface area contributed by atoms with Crippen LogP contribution in [-0.4, -0.2) is 37.7 Å². The summed E-state index contributed by atoms with van der Waals surface area (Å²) in [7, 11) is 0. The van der Waals surface area contributed by atoms with Gasteiger partial charge in [-0.15, -0.1) is 0 Å². The van der Waals surface area contributed by atoms with Crippen LogP contribution < -0.4 is 10.2 Å². The zero-order valence-corrected chi connectivity index (χ0v) is 9.69. The number of carbonyl (C=O) groups is 1. The average molecular weight is 232 g/mol. The van der Waals surface area contributed by atoms with Gasteiger partial charge in [-0.25, -0.2) is 0 Å². The maximum absolute atomic E-state index is 11.9. The molecule has 17 heavy (non-hydrogen) atoms. The third-order valence-electron chi connectivity index (χ3n) is 3.52. The first-order valence-corrected chi connectivity index (χ1v) is 5.99. The maximum atomic E-state index is 11.9. The number of nitrogens with one attached hydrogen (secondary N) is 1. The molecule has 1 atom stereocenters. The van der Waals surface area contributed by atoms with Crippen LogP contribution in [0.15, 0.2) is 30.3 Å². The molecule has 0 aliphatic carbocycles. The summed E-state index contributed by atoms with van der Waals surface area (Å²) in [6, 6.07) is 9.81. The Bertz CT molecular complexity index is 413. The predicted octanol–water partition coefficient (Wildman–Crippen LogP) is 0.782. The minimum atomic E-state index is -0.177. The highest BCUT2D eigenvalue weighted by atomic mass is 16.5. The summed E-state index contributed by atoms with van der Waals surface area (Å²) in [5.74, 6) is 0.0497. The molecule has 0 bridgehead atoms. The first kappa shape index (κ1) is 10.7. The molecule has 1 aromatic carbocycles. The molecule has 2 fully saturated rings. The van der Waals surface area contributed by atoms with Crippen molar-refractivity contribution in [2.24, 2.45) is 0 Å². The molecule has 2 aliphatic rings. The largest absolute Gasteiger partial charge is 0.362 e. The fraction of sp³-hybridized carbons (Fsp3) is 0.462. The van der Waals surface area contributed by atoms with Gasteiger partial charge in [-0.05, 0) is 25.1 Å². The first-order valence-electron chi connectivity index (χ1n) is 5.99. The zero-order chi connectivity index (χ0) is 11.7. The van der Waals surface area contributed by atoms with E-state index in [9.17, 15) is 4.79 Å². The number of para-hydroxylation sites is 1. The van der Waals surface area contributed by atoms with Gasteiger partial charge in [0.05, 0.1) is 6.54 Å². The van der Waals surface area contributed by atoms with Crippen LogP contribution in [-0.2, 0) is 9.53 Å². The van der Waals surface area contributed by atoms with Gasteiger partial charge in [-0.2, -0.15) is 0 Å². The second kappa shape index (κ2) is 4.13. The van der Waals surface area contributed by atoms with Gasteiger partial charge < -0.3 is 15.0 Å². The van der Waals surface area contributed by atoms with E-state index in [2.05, 4.69) is 5.32 Å². The van der Waals surface area contributed by atoms with E-state index in [1.165, 1.54) is 0 Å². The Morgan fingerprint density at radius 3 is 2.82 bits per heavy atom. The summed E-state index contributed by atoms with van der Waals surface area (Å²) in [4.78, 5) is 13.8. The number of hydrogen-bond acceptors (Lipinski definition) is 3. The van der Waals surface area contributed by atoms with Gasteiger partial charge in [0.1, 0.15) is 12.2 Å². The van der Waals surface area contributed by atoms with Crippen LogP contribution in [0.3, 0.4) is 0 Å². The van der Waals surface area contributed by atoms with Gasteiger partial charge in [-0.1, -0.05) is 18.2 Å². The second-order valence-electron chi connectivity index (χ2n) is 4.71. The van der Waals surface area contributed by atoms with Crippen molar-refractivity contribution in [2.75, 3.05) is 31.1 Å². The first-order chi connectivity index (χ1) is 8.29. The van der Waals surface area contributed by atoms with E-state index < -0.39 is 0 Å². The molecule has 0 radical (unpaired) electrons. The van der Waals surface area contributed by atoms with Crippen molar-refractivity contribution in [3.05, 3.63) is 30.3 Å². The minimum absolute atomic E-state index is 0.0497. The Kier molecular flexibility index (Phi) is 2.61. The molecule has 1 spiro atoms. The van der Waals surface area contributed by atoms with E-state index in [1.807, 2.05) is 35.2 Å². The van der Waals surface area contributed by atoms with Crippen molar-refractivity contribution in [3.63, 3.8) is 0 Å². The van der Waals surface area contributed by atoms with Gasteiger partial charge in [-0.3, -0.25) is 4.79 Å². The van der Waals surface area contributed by atoms with Crippen LogP contribution in [0.25, 0.3) is 0 Å². The lowest BCUT2D eigenvalue weighted by Gasteiger charge is -2.39. The molecule has 1 amide bonds. The summed E-state index contributed by atoms with van der Waals surface area (Å²) >= 11 is 0. The lowest BCUT2D eigenvalue weighted by molar-refractivity contribution is -0.136. The Balaban J connectivity index is 1.85. The topological polar surface area (TPSA) is 41.6 Å². The van der Waals surface area contributed by atoms with Crippen molar-refractivity contribution in [1.82, 2.24) is 5.32 Å². The van der Waals surface area contributed by atoms with Gasteiger partial charge in [0.2, 0.25) is 0 Å². The summed E-state index contributed by atoms with van der Waals surface area (Å²) in [6.07, 6.45) is 0.976. The SMILES string of the molecule is O=C1COC2(CCNC2)CN1c1ccccc1. The van der Waals surface area contributed by atoms with Crippen LogP contribution in [0.1, 0.15) is 6.42 Å². The van der Waals surface area contributed by atoms with Crippen LogP contribution in [0.4, 0.5) is 5.69 Å². The van der Waals surface area contributed by atoms with Crippen LogP contribution in [0.5, 0.6) is 0 Å². The number of benzene rings is 1. The van der Waals surface area contributed by atoms with E-state index in [1.54, 1.807) is 0 Å². The van der Waals surface area contributed by atoms with Crippen LogP contribution >= 0.6 is 0 Å². The quantitative estimate of drug-likeness (QED) is 0.778. The Morgan fingerprint density at radius 2 is 2.12 bits per heavy atom. The van der Waals surface area contributed by atoms with Crippen molar-refractivity contribution in [3.8, 4) is 0 Å². The number of ether oxygens (including phenoxy) is 1. The third-order valence-corrected chi connectivity index (χ3v) is 3.52. The normalized spacial score (nSPS) is 28.9. The van der Waals surface area contributed by atoms with E-state index in [-0.39, 0.29) is 18.1 Å². The van der Waals surface area contributed by atoms with Crippen molar-refractivity contribution >= 4 is 11.6 Å². The molecule has 4 nitrogen and oxygen atoms in total. The maximum Gasteiger partial charge on any atom is 0.253 e. The minimum Gasteiger partial charge on any atom is -0.362 e. The molecule has 1 unspecified atom stereocenters. The average Bonchev–Trinajstić information content (AvgIpc) is 2.82. The van der Waals surface area contributed by atoms with Gasteiger partial charge in [0.15, 0.2) is 0 Å². The Hall–Kier alpha value is -1.39. The van der Waals surface area contributed by atoms with Crippen molar-refractivity contribution < 1.29 is 9.53 Å². The number of hydrogen-bond donors (Lipinski definition) is 1. The molecule has 1 N–H and O–H groups in total. The summed E-state index contributed by atoms with van der Waals surface area (Å²) in [6.45, 7) is 2.65. The fourth-order valence-corrected chi connectivity index (χ4v) is 2.54. The number of nitrogens with zero attached hydrogens (tertiary/aromatic N) is 1. The predicted molar refractivity (Wildman–Crippen MR) is 65.0 cm³/mol. The molecular weight excluding hydrogens is 216 g/mol.